The molecule has 5 heteroatoms. The molecule has 0 aliphatic carbocycles. The maximum Gasteiger partial charge on any atom is 0.254 e. The van der Waals surface area contributed by atoms with Crippen LogP contribution in [0, 0.1) is 6.92 Å². The fraction of sp³-hybridized carbons (Fsp3) is 0.188. The van der Waals surface area contributed by atoms with Crippen LogP contribution in [0.3, 0.4) is 0 Å². The number of aryl methyl sites for hydroxylation is 1. The second kappa shape index (κ2) is 5.36. The van der Waals surface area contributed by atoms with E-state index in [1.807, 2.05) is 50.4 Å². The topological polar surface area (TPSA) is 63.6 Å². The van der Waals surface area contributed by atoms with Crippen LogP contribution in [0.15, 0.2) is 47.5 Å². The van der Waals surface area contributed by atoms with E-state index in [0.29, 0.717) is 12.2 Å². The summed E-state index contributed by atoms with van der Waals surface area (Å²) >= 11 is 0. The van der Waals surface area contributed by atoms with Crippen molar-refractivity contribution in [2.24, 2.45) is 0 Å². The highest BCUT2D eigenvalue weighted by Crippen LogP contribution is 2.16. The summed E-state index contributed by atoms with van der Waals surface area (Å²) in [6.45, 7) is 3.81. The van der Waals surface area contributed by atoms with Gasteiger partial charge in [-0.2, -0.15) is 5.10 Å². The third-order valence-corrected chi connectivity index (χ3v) is 3.45. The van der Waals surface area contributed by atoms with E-state index in [4.69, 9.17) is 0 Å². The molecular formula is C16H16N4O. The average molecular weight is 280 g/mol. The lowest BCUT2D eigenvalue weighted by Crippen LogP contribution is -2.16. The molecule has 106 valence electrons. The number of para-hydroxylation sites is 1. The molecule has 1 N–H and O–H groups in total. The van der Waals surface area contributed by atoms with E-state index in [0.717, 1.165) is 22.5 Å². The molecule has 0 spiro atoms. The maximum absolute atomic E-state index is 12.0. The average Bonchev–Trinajstić information content (AvgIpc) is 2.97. The van der Waals surface area contributed by atoms with Gasteiger partial charge in [0.05, 0.1) is 17.4 Å². The van der Waals surface area contributed by atoms with E-state index < -0.39 is 0 Å². The fourth-order valence-electron chi connectivity index (χ4n) is 2.33. The Balaban J connectivity index is 2.03. The molecule has 0 aliphatic heterocycles. The van der Waals surface area contributed by atoms with Gasteiger partial charge in [0.2, 0.25) is 0 Å². The Bertz CT molecular complexity index is 818. The molecule has 0 radical (unpaired) electrons. The Labute approximate surface area is 122 Å². The van der Waals surface area contributed by atoms with Gasteiger partial charge in [0.1, 0.15) is 5.82 Å². The van der Waals surface area contributed by atoms with Crippen molar-refractivity contribution in [2.75, 3.05) is 0 Å². The largest absolute Gasteiger partial charge is 0.306 e. The number of hydrogen-bond acceptors (Lipinski definition) is 3. The molecule has 0 saturated carbocycles. The molecule has 2 aromatic heterocycles. The molecule has 3 aromatic rings. The van der Waals surface area contributed by atoms with Crippen LogP contribution in [0.5, 0.6) is 0 Å². The van der Waals surface area contributed by atoms with Crippen molar-refractivity contribution in [3.8, 4) is 17.1 Å². The minimum absolute atomic E-state index is 0.0764. The van der Waals surface area contributed by atoms with E-state index in [9.17, 15) is 4.79 Å². The number of aromatic nitrogens is 4. The Hall–Kier alpha value is -2.69. The van der Waals surface area contributed by atoms with Gasteiger partial charge in [0.15, 0.2) is 0 Å². The molecule has 5 nitrogen and oxygen atoms in total. The minimum atomic E-state index is -0.0764. The Morgan fingerprint density at radius 2 is 2.00 bits per heavy atom. The monoisotopic (exact) mass is 280 g/mol. The SMILES string of the molecule is CCc1c(C)nc(-c2cnn(-c3ccccc3)c2)[nH]c1=O. The number of rotatable bonds is 3. The van der Waals surface area contributed by atoms with E-state index in [-0.39, 0.29) is 5.56 Å². The molecule has 0 amide bonds. The lowest BCUT2D eigenvalue weighted by atomic mass is 10.2. The highest BCUT2D eigenvalue weighted by atomic mass is 16.1. The molecular weight excluding hydrogens is 264 g/mol. The molecule has 0 bridgehead atoms. The lowest BCUT2D eigenvalue weighted by Gasteiger charge is -2.03. The molecule has 0 unspecified atom stereocenters. The maximum atomic E-state index is 12.0. The highest BCUT2D eigenvalue weighted by Gasteiger charge is 2.10. The standard InChI is InChI=1S/C16H16N4O/c1-3-14-11(2)18-15(19-16(14)21)12-9-17-20(10-12)13-7-5-4-6-8-13/h4-10H,3H2,1-2H3,(H,18,19,21). The first-order valence-electron chi connectivity index (χ1n) is 6.89. The second-order valence-electron chi connectivity index (χ2n) is 4.84. The first kappa shape index (κ1) is 13.3. The van der Waals surface area contributed by atoms with Gasteiger partial charge in [0.25, 0.3) is 5.56 Å². The molecule has 1 aromatic carbocycles. The van der Waals surface area contributed by atoms with Crippen LogP contribution < -0.4 is 5.56 Å². The molecule has 0 atom stereocenters. The third kappa shape index (κ3) is 2.50. The summed E-state index contributed by atoms with van der Waals surface area (Å²) in [5.41, 5.74) is 3.18. The Kier molecular flexibility index (Phi) is 3.39. The van der Waals surface area contributed by atoms with Crippen molar-refractivity contribution in [1.82, 2.24) is 19.7 Å². The molecule has 0 fully saturated rings. The van der Waals surface area contributed by atoms with Crippen molar-refractivity contribution in [3.05, 3.63) is 64.3 Å². The number of nitrogens with zero attached hydrogens (tertiary/aromatic N) is 3. The lowest BCUT2D eigenvalue weighted by molar-refractivity contribution is 0.880. The second-order valence-corrected chi connectivity index (χ2v) is 4.84. The van der Waals surface area contributed by atoms with Crippen LogP contribution in [-0.2, 0) is 6.42 Å². The zero-order valence-corrected chi connectivity index (χ0v) is 12.0. The van der Waals surface area contributed by atoms with Crippen molar-refractivity contribution in [1.29, 1.82) is 0 Å². The predicted octanol–water partition coefficient (Wildman–Crippen LogP) is 2.49. The van der Waals surface area contributed by atoms with Crippen molar-refractivity contribution < 1.29 is 0 Å². The molecule has 21 heavy (non-hydrogen) atoms. The summed E-state index contributed by atoms with van der Waals surface area (Å²) in [6, 6.07) is 9.81. The first-order chi connectivity index (χ1) is 10.2. The van der Waals surface area contributed by atoms with E-state index in [2.05, 4.69) is 15.1 Å². The van der Waals surface area contributed by atoms with Gasteiger partial charge in [0, 0.05) is 17.5 Å². The molecule has 3 rings (SSSR count). The number of H-pyrrole nitrogens is 1. The Morgan fingerprint density at radius 1 is 1.24 bits per heavy atom. The van der Waals surface area contributed by atoms with E-state index in [1.54, 1.807) is 10.9 Å². The normalized spacial score (nSPS) is 10.8. The highest BCUT2D eigenvalue weighted by molar-refractivity contribution is 5.53. The van der Waals surface area contributed by atoms with E-state index >= 15 is 0 Å². The number of nitrogens with one attached hydrogen (secondary N) is 1. The van der Waals surface area contributed by atoms with Crippen LogP contribution in [0.4, 0.5) is 0 Å². The van der Waals surface area contributed by atoms with Gasteiger partial charge in [-0.3, -0.25) is 4.79 Å². The Morgan fingerprint density at radius 3 is 2.67 bits per heavy atom. The number of benzene rings is 1. The van der Waals surface area contributed by atoms with Crippen LogP contribution in [0.25, 0.3) is 17.1 Å². The molecule has 0 aliphatic rings. The smallest absolute Gasteiger partial charge is 0.254 e. The van der Waals surface area contributed by atoms with Crippen molar-refractivity contribution >= 4 is 0 Å². The quantitative estimate of drug-likeness (QED) is 0.801. The summed E-state index contributed by atoms with van der Waals surface area (Å²) in [5, 5.41) is 4.32. The van der Waals surface area contributed by atoms with Crippen LogP contribution in [0.2, 0.25) is 0 Å². The zero-order chi connectivity index (χ0) is 14.8. The predicted molar refractivity (Wildman–Crippen MR) is 81.5 cm³/mol. The van der Waals surface area contributed by atoms with Gasteiger partial charge in [-0.15, -0.1) is 0 Å². The summed E-state index contributed by atoms with van der Waals surface area (Å²) < 4.78 is 1.76. The van der Waals surface area contributed by atoms with Crippen LogP contribution in [-0.4, -0.2) is 19.7 Å². The van der Waals surface area contributed by atoms with Crippen LogP contribution >= 0.6 is 0 Å². The first-order valence-corrected chi connectivity index (χ1v) is 6.89. The number of aromatic amines is 1. The van der Waals surface area contributed by atoms with Gasteiger partial charge in [-0.1, -0.05) is 25.1 Å². The van der Waals surface area contributed by atoms with Crippen LogP contribution in [0.1, 0.15) is 18.2 Å². The summed E-state index contributed by atoms with van der Waals surface area (Å²) in [5.74, 6) is 0.553. The van der Waals surface area contributed by atoms with Gasteiger partial charge in [-0.25, -0.2) is 9.67 Å². The fourth-order valence-corrected chi connectivity index (χ4v) is 2.33. The molecule has 2 heterocycles. The summed E-state index contributed by atoms with van der Waals surface area (Å²) in [7, 11) is 0. The van der Waals surface area contributed by atoms with Gasteiger partial charge >= 0.3 is 0 Å². The molecule has 0 saturated heterocycles. The summed E-state index contributed by atoms with van der Waals surface area (Å²) in [4.78, 5) is 19.3. The third-order valence-electron chi connectivity index (χ3n) is 3.45. The van der Waals surface area contributed by atoms with Crippen molar-refractivity contribution in [3.63, 3.8) is 0 Å². The minimum Gasteiger partial charge on any atom is -0.306 e. The van der Waals surface area contributed by atoms with Gasteiger partial charge < -0.3 is 4.98 Å². The summed E-state index contributed by atoms with van der Waals surface area (Å²) in [6.07, 6.45) is 4.24. The number of hydrogen-bond donors (Lipinski definition) is 1. The zero-order valence-electron chi connectivity index (χ0n) is 12.0. The van der Waals surface area contributed by atoms with Gasteiger partial charge in [-0.05, 0) is 25.5 Å². The van der Waals surface area contributed by atoms with Crippen molar-refractivity contribution in [2.45, 2.75) is 20.3 Å². The van der Waals surface area contributed by atoms with E-state index in [1.165, 1.54) is 0 Å².